The van der Waals surface area contributed by atoms with E-state index in [1.165, 1.54) is 0 Å². The van der Waals surface area contributed by atoms with Gasteiger partial charge in [0.05, 0.1) is 36.3 Å². The Morgan fingerprint density at radius 2 is 1.77 bits per heavy atom. The lowest BCUT2D eigenvalue weighted by Crippen LogP contribution is -2.39. The molecule has 1 atom stereocenters. The molecule has 0 saturated carbocycles. The van der Waals surface area contributed by atoms with Crippen LogP contribution in [-0.4, -0.2) is 46.0 Å². The molecular formula is C24H27N3O4. The van der Waals surface area contributed by atoms with Crippen molar-refractivity contribution >= 4 is 11.9 Å². The highest BCUT2D eigenvalue weighted by Crippen LogP contribution is 2.19. The summed E-state index contributed by atoms with van der Waals surface area (Å²) in [6.07, 6.45) is 0.545. The van der Waals surface area contributed by atoms with Crippen molar-refractivity contribution < 1.29 is 19.4 Å². The fourth-order valence-corrected chi connectivity index (χ4v) is 3.48. The molecule has 1 amide bonds. The maximum absolute atomic E-state index is 12.6. The van der Waals surface area contributed by atoms with Gasteiger partial charge in [-0.15, -0.1) is 0 Å². The highest BCUT2D eigenvalue weighted by atomic mass is 16.5. The fraction of sp³-hybridized carbons (Fsp3) is 0.292. The number of carbonyl (C=O) groups excluding carboxylic acids is 2. The number of aryl methyl sites for hydroxylation is 1. The van der Waals surface area contributed by atoms with Gasteiger partial charge in [-0.1, -0.05) is 30.3 Å². The predicted molar refractivity (Wildman–Crippen MR) is 117 cm³/mol. The predicted octanol–water partition coefficient (Wildman–Crippen LogP) is 3.00. The van der Waals surface area contributed by atoms with Gasteiger partial charge in [-0.2, -0.15) is 5.10 Å². The number of hydrogen-bond acceptors (Lipinski definition) is 5. The van der Waals surface area contributed by atoms with Crippen LogP contribution in [0.25, 0.3) is 5.69 Å². The molecule has 3 aromatic rings. The molecule has 7 heteroatoms. The average Bonchev–Trinajstić information content (AvgIpc) is 3.08. The van der Waals surface area contributed by atoms with E-state index in [1.54, 1.807) is 42.8 Å². The third-order valence-electron chi connectivity index (χ3n) is 5.03. The molecule has 31 heavy (non-hydrogen) atoms. The quantitative estimate of drug-likeness (QED) is 0.546. The summed E-state index contributed by atoms with van der Waals surface area (Å²) in [6.45, 7) is 5.48. The van der Waals surface area contributed by atoms with E-state index in [9.17, 15) is 14.7 Å². The first-order valence-electron chi connectivity index (χ1n) is 10.2. The second-order valence-corrected chi connectivity index (χ2v) is 7.27. The van der Waals surface area contributed by atoms with Crippen molar-refractivity contribution in [3.63, 3.8) is 0 Å². The molecule has 0 bridgehead atoms. The van der Waals surface area contributed by atoms with Crippen molar-refractivity contribution in [1.29, 1.82) is 0 Å². The minimum Gasteiger partial charge on any atom is -0.462 e. The Bertz CT molecular complexity index is 1040. The highest BCUT2D eigenvalue weighted by molar-refractivity contribution is 5.94. The van der Waals surface area contributed by atoms with Crippen molar-refractivity contribution in [1.82, 2.24) is 15.1 Å². The van der Waals surface area contributed by atoms with Gasteiger partial charge in [-0.3, -0.25) is 4.79 Å². The number of carbonyl (C=O) groups is 2. The van der Waals surface area contributed by atoms with Crippen LogP contribution in [0.2, 0.25) is 0 Å². The van der Waals surface area contributed by atoms with Gasteiger partial charge in [0.2, 0.25) is 0 Å². The second-order valence-electron chi connectivity index (χ2n) is 7.27. The van der Waals surface area contributed by atoms with Crippen LogP contribution in [-0.2, 0) is 11.2 Å². The molecule has 0 saturated heterocycles. The summed E-state index contributed by atoms with van der Waals surface area (Å²) >= 11 is 0. The van der Waals surface area contributed by atoms with Gasteiger partial charge in [-0.25, -0.2) is 9.48 Å². The van der Waals surface area contributed by atoms with Crippen LogP contribution in [0.4, 0.5) is 0 Å². The number of aliphatic hydroxyl groups is 1. The maximum Gasteiger partial charge on any atom is 0.341 e. The molecule has 7 nitrogen and oxygen atoms in total. The molecule has 3 rings (SSSR count). The van der Waals surface area contributed by atoms with Gasteiger partial charge in [0.15, 0.2) is 0 Å². The zero-order valence-electron chi connectivity index (χ0n) is 18.0. The number of aromatic nitrogens is 2. The monoisotopic (exact) mass is 421 g/mol. The summed E-state index contributed by atoms with van der Waals surface area (Å²) in [4.78, 5) is 24.8. The molecule has 0 unspecified atom stereocenters. The number of nitrogens with one attached hydrogen (secondary N) is 1. The van der Waals surface area contributed by atoms with Gasteiger partial charge in [0, 0.05) is 5.56 Å². The summed E-state index contributed by atoms with van der Waals surface area (Å²) in [5.41, 5.74) is 3.97. The van der Waals surface area contributed by atoms with Gasteiger partial charge < -0.3 is 15.2 Å². The lowest BCUT2D eigenvalue weighted by Gasteiger charge is -2.16. The average molecular weight is 421 g/mol. The van der Waals surface area contributed by atoms with Gasteiger partial charge >= 0.3 is 5.97 Å². The first kappa shape index (κ1) is 22.2. The summed E-state index contributed by atoms with van der Waals surface area (Å²) in [5.74, 6) is -0.657. The highest BCUT2D eigenvalue weighted by Gasteiger charge is 2.21. The van der Waals surface area contributed by atoms with Crippen molar-refractivity contribution in [2.24, 2.45) is 0 Å². The summed E-state index contributed by atoms with van der Waals surface area (Å²) in [6, 6.07) is 16.3. The molecule has 0 spiro atoms. The van der Waals surface area contributed by atoms with Gasteiger partial charge in [-0.05, 0) is 57.0 Å². The zero-order valence-corrected chi connectivity index (χ0v) is 18.0. The first-order valence-corrected chi connectivity index (χ1v) is 10.2. The number of rotatable bonds is 8. The standard InChI is InChI=1S/C24H27N3O4/c1-4-31-24(30)22-16(2)26-27(17(22)3)21-12-10-19(11-13-21)23(29)25-20(15-28)14-18-8-6-5-7-9-18/h5-13,20,28H,4,14-15H2,1-3H3,(H,25,29)/t20-/m0/s1. The van der Waals surface area contributed by atoms with E-state index >= 15 is 0 Å². The van der Waals surface area contributed by atoms with Gasteiger partial charge in [0.1, 0.15) is 5.56 Å². The molecule has 1 heterocycles. The molecule has 2 aromatic carbocycles. The van der Waals surface area contributed by atoms with Crippen molar-refractivity contribution in [3.05, 3.63) is 82.7 Å². The Morgan fingerprint density at radius 1 is 1.10 bits per heavy atom. The maximum atomic E-state index is 12.6. The number of esters is 1. The van der Waals surface area contributed by atoms with Crippen LogP contribution in [0, 0.1) is 13.8 Å². The van der Waals surface area contributed by atoms with Crippen molar-refractivity contribution in [3.8, 4) is 5.69 Å². The second kappa shape index (κ2) is 10.0. The Kier molecular flexibility index (Phi) is 7.20. The molecule has 0 aliphatic carbocycles. The molecule has 0 aliphatic heterocycles. The normalized spacial score (nSPS) is 11.7. The third kappa shape index (κ3) is 5.19. The number of aliphatic hydroxyl groups excluding tert-OH is 1. The molecule has 1 aromatic heterocycles. The van der Waals surface area contributed by atoms with E-state index in [4.69, 9.17) is 4.74 Å². The van der Waals surface area contributed by atoms with E-state index in [0.29, 0.717) is 35.5 Å². The minimum atomic E-state index is -0.395. The number of nitrogens with zero attached hydrogens (tertiary/aromatic N) is 2. The molecule has 0 radical (unpaired) electrons. The lowest BCUT2D eigenvalue weighted by atomic mass is 10.1. The van der Waals surface area contributed by atoms with Crippen LogP contribution in [0.5, 0.6) is 0 Å². The van der Waals surface area contributed by atoms with Crippen LogP contribution in [0.3, 0.4) is 0 Å². The topological polar surface area (TPSA) is 93.5 Å². The van der Waals surface area contributed by atoms with Crippen LogP contribution in [0.15, 0.2) is 54.6 Å². The molecule has 0 fully saturated rings. The minimum absolute atomic E-state index is 0.152. The Morgan fingerprint density at radius 3 is 2.39 bits per heavy atom. The summed E-state index contributed by atoms with van der Waals surface area (Å²) < 4.78 is 6.78. The van der Waals surface area contributed by atoms with Crippen LogP contribution >= 0.6 is 0 Å². The third-order valence-corrected chi connectivity index (χ3v) is 5.03. The van der Waals surface area contributed by atoms with Gasteiger partial charge in [0.25, 0.3) is 5.91 Å². The summed E-state index contributed by atoms with van der Waals surface area (Å²) in [5, 5.41) is 17.0. The number of amides is 1. The Hall–Kier alpha value is -3.45. The smallest absolute Gasteiger partial charge is 0.341 e. The van der Waals surface area contributed by atoms with E-state index in [2.05, 4.69) is 10.4 Å². The molecular weight excluding hydrogens is 394 g/mol. The first-order chi connectivity index (χ1) is 14.9. The van der Waals surface area contributed by atoms with Crippen LogP contribution in [0.1, 0.15) is 44.6 Å². The number of ether oxygens (including phenoxy) is 1. The molecule has 0 aliphatic rings. The lowest BCUT2D eigenvalue weighted by molar-refractivity contribution is 0.0524. The van der Waals surface area contributed by atoms with Crippen LogP contribution < -0.4 is 5.32 Å². The van der Waals surface area contributed by atoms with E-state index in [1.807, 2.05) is 37.3 Å². The largest absolute Gasteiger partial charge is 0.462 e. The summed E-state index contributed by atoms with van der Waals surface area (Å²) in [7, 11) is 0. The Labute approximate surface area is 181 Å². The van der Waals surface area contributed by atoms with Crippen molar-refractivity contribution in [2.45, 2.75) is 33.2 Å². The molecule has 2 N–H and O–H groups in total. The van der Waals surface area contributed by atoms with E-state index < -0.39 is 5.97 Å². The van der Waals surface area contributed by atoms with Crippen molar-refractivity contribution in [2.75, 3.05) is 13.2 Å². The fourth-order valence-electron chi connectivity index (χ4n) is 3.48. The SMILES string of the molecule is CCOC(=O)c1c(C)nn(-c2ccc(C(=O)N[C@H](CO)Cc3ccccc3)cc2)c1C. The molecule has 162 valence electrons. The number of benzene rings is 2. The number of hydrogen-bond donors (Lipinski definition) is 2. The Balaban J connectivity index is 1.73. The van der Waals surface area contributed by atoms with E-state index in [-0.39, 0.29) is 18.6 Å². The van der Waals surface area contributed by atoms with E-state index in [0.717, 1.165) is 11.3 Å². The zero-order chi connectivity index (χ0) is 22.4.